The zero-order chi connectivity index (χ0) is 20.3. The Morgan fingerprint density at radius 1 is 0.900 bits per heavy atom. The number of hydrogen-bond acceptors (Lipinski definition) is 3. The molecule has 0 aliphatic carbocycles. The summed E-state index contributed by atoms with van der Waals surface area (Å²) in [6.07, 6.45) is 7.57. The van der Waals surface area contributed by atoms with Gasteiger partial charge in [0.15, 0.2) is 5.11 Å². The van der Waals surface area contributed by atoms with E-state index >= 15 is 0 Å². The second-order valence-corrected chi connectivity index (χ2v) is 7.64. The Morgan fingerprint density at radius 3 is 2.53 bits per heavy atom. The van der Waals surface area contributed by atoms with E-state index in [9.17, 15) is 0 Å². The van der Waals surface area contributed by atoms with Crippen LogP contribution >= 0.6 is 12.2 Å². The van der Waals surface area contributed by atoms with Gasteiger partial charge in [0.05, 0.1) is 29.7 Å². The fraction of sp³-hybridized carbons (Fsp3) is 0.125. The number of thiocarbonyl (C=S) groups is 1. The monoisotopic (exact) mass is 411 g/mol. The minimum atomic E-state index is -0.0484. The summed E-state index contributed by atoms with van der Waals surface area (Å²) in [7, 11) is 0. The minimum absolute atomic E-state index is 0.0113. The molecule has 0 amide bonds. The molecule has 1 aromatic carbocycles. The molecule has 2 atom stereocenters. The van der Waals surface area contributed by atoms with Gasteiger partial charge in [-0.2, -0.15) is 0 Å². The highest BCUT2D eigenvalue weighted by molar-refractivity contribution is 7.80. The molecule has 3 aromatic heterocycles. The third-order valence-electron chi connectivity index (χ3n) is 5.40. The number of hydrogen-bond donors (Lipinski definition) is 1. The third-order valence-corrected chi connectivity index (χ3v) is 5.75. The number of pyridine rings is 2. The van der Waals surface area contributed by atoms with Crippen LogP contribution in [0.2, 0.25) is 0 Å². The molecule has 0 spiro atoms. The fourth-order valence-electron chi connectivity index (χ4n) is 4.04. The molecular weight excluding hydrogens is 390 g/mol. The average Bonchev–Trinajstić information content (AvgIpc) is 3.40. The molecule has 1 aliphatic heterocycles. The molecule has 1 N–H and O–H groups in total. The molecule has 1 fully saturated rings. The molecular formula is C24H21N5S. The van der Waals surface area contributed by atoms with E-state index in [1.165, 1.54) is 5.56 Å². The van der Waals surface area contributed by atoms with Crippen LogP contribution in [0.5, 0.6) is 0 Å². The van der Waals surface area contributed by atoms with Crippen LogP contribution in [0, 0.1) is 0 Å². The molecule has 1 saturated heterocycles. The lowest BCUT2D eigenvalue weighted by Crippen LogP contribution is -2.30. The van der Waals surface area contributed by atoms with Crippen molar-refractivity contribution in [2.24, 2.45) is 0 Å². The van der Waals surface area contributed by atoms with Gasteiger partial charge in [-0.3, -0.25) is 9.97 Å². The Balaban J connectivity index is 1.60. The molecule has 5 nitrogen and oxygen atoms in total. The molecule has 4 heterocycles. The van der Waals surface area contributed by atoms with Crippen molar-refractivity contribution < 1.29 is 0 Å². The lowest BCUT2D eigenvalue weighted by atomic mass is 10.0. The van der Waals surface area contributed by atoms with Gasteiger partial charge in [-0.1, -0.05) is 36.4 Å². The summed E-state index contributed by atoms with van der Waals surface area (Å²) in [6, 6.07) is 24.6. The largest absolute Gasteiger partial charge is 0.352 e. The molecule has 5 rings (SSSR count). The molecule has 1 aliphatic rings. The van der Waals surface area contributed by atoms with Gasteiger partial charge < -0.3 is 14.8 Å². The Bertz CT molecular complexity index is 1130. The molecule has 148 valence electrons. The molecule has 4 aromatic rings. The topological polar surface area (TPSA) is 46.0 Å². The Labute approximate surface area is 181 Å². The quantitative estimate of drug-likeness (QED) is 0.492. The maximum absolute atomic E-state index is 5.79. The van der Waals surface area contributed by atoms with Crippen molar-refractivity contribution in [2.75, 3.05) is 0 Å². The van der Waals surface area contributed by atoms with Crippen LogP contribution in [-0.2, 0) is 6.54 Å². The van der Waals surface area contributed by atoms with Crippen molar-refractivity contribution in [1.82, 2.24) is 24.8 Å². The van der Waals surface area contributed by atoms with Crippen molar-refractivity contribution in [3.63, 3.8) is 0 Å². The predicted octanol–water partition coefficient (Wildman–Crippen LogP) is 4.44. The van der Waals surface area contributed by atoms with Gasteiger partial charge in [-0.05, 0) is 54.2 Å². The summed E-state index contributed by atoms with van der Waals surface area (Å²) in [6.45, 7) is 0.721. The van der Waals surface area contributed by atoms with Gasteiger partial charge in [0.1, 0.15) is 0 Å². The van der Waals surface area contributed by atoms with Crippen molar-refractivity contribution in [2.45, 2.75) is 18.6 Å². The van der Waals surface area contributed by atoms with Crippen LogP contribution in [0.4, 0.5) is 0 Å². The lowest BCUT2D eigenvalue weighted by molar-refractivity contribution is 0.302. The number of rotatable bonds is 5. The molecule has 0 bridgehead atoms. The van der Waals surface area contributed by atoms with Crippen LogP contribution in [0.3, 0.4) is 0 Å². The normalized spacial score (nSPS) is 18.4. The second-order valence-electron chi connectivity index (χ2n) is 7.25. The first-order valence-corrected chi connectivity index (χ1v) is 10.3. The Kier molecular flexibility index (Phi) is 4.99. The van der Waals surface area contributed by atoms with Gasteiger partial charge >= 0.3 is 0 Å². The highest BCUT2D eigenvalue weighted by Crippen LogP contribution is 2.40. The van der Waals surface area contributed by atoms with E-state index in [-0.39, 0.29) is 12.1 Å². The van der Waals surface area contributed by atoms with E-state index in [1.54, 1.807) is 6.20 Å². The van der Waals surface area contributed by atoms with Crippen molar-refractivity contribution >= 4 is 17.3 Å². The predicted molar refractivity (Wildman–Crippen MR) is 121 cm³/mol. The summed E-state index contributed by atoms with van der Waals surface area (Å²) in [5, 5.41) is 4.26. The fourth-order valence-corrected chi connectivity index (χ4v) is 4.35. The van der Waals surface area contributed by atoms with Crippen LogP contribution in [0.25, 0.3) is 5.69 Å². The summed E-state index contributed by atoms with van der Waals surface area (Å²) < 4.78 is 2.18. The highest BCUT2D eigenvalue weighted by atomic mass is 32.1. The summed E-state index contributed by atoms with van der Waals surface area (Å²) >= 11 is 5.79. The first kappa shape index (κ1) is 18.5. The van der Waals surface area contributed by atoms with Gasteiger partial charge in [0, 0.05) is 30.8 Å². The summed E-state index contributed by atoms with van der Waals surface area (Å²) in [5.74, 6) is 0. The molecule has 0 unspecified atom stereocenters. The third kappa shape index (κ3) is 3.46. The second kappa shape index (κ2) is 8.08. The number of aromatic nitrogens is 3. The van der Waals surface area contributed by atoms with E-state index < -0.39 is 0 Å². The van der Waals surface area contributed by atoms with E-state index in [2.05, 4.69) is 79.5 Å². The molecule has 0 radical (unpaired) electrons. The lowest BCUT2D eigenvalue weighted by Gasteiger charge is -2.29. The van der Waals surface area contributed by atoms with Crippen LogP contribution in [0.15, 0.2) is 97.6 Å². The van der Waals surface area contributed by atoms with E-state index in [0.717, 1.165) is 28.7 Å². The summed E-state index contributed by atoms with van der Waals surface area (Å²) in [4.78, 5) is 11.2. The zero-order valence-corrected chi connectivity index (χ0v) is 17.1. The van der Waals surface area contributed by atoms with Crippen molar-refractivity contribution in [1.29, 1.82) is 0 Å². The van der Waals surface area contributed by atoms with Crippen molar-refractivity contribution in [3.05, 3.63) is 115 Å². The van der Waals surface area contributed by atoms with E-state index in [0.29, 0.717) is 0 Å². The maximum Gasteiger partial charge on any atom is 0.170 e. The number of benzene rings is 1. The Morgan fingerprint density at radius 2 is 1.77 bits per heavy atom. The summed E-state index contributed by atoms with van der Waals surface area (Å²) in [5.41, 5.74) is 4.35. The maximum atomic E-state index is 5.79. The first-order valence-electron chi connectivity index (χ1n) is 9.91. The van der Waals surface area contributed by atoms with Gasteiger partial charge in [0.25, 0.3) is 0 Å². The standard InChI is InChI=1S/C24H21N5S/c30-24-27-22(20-11-4-5-14-26-20)23(29(24)17-18-8-2-1-3-9-18)21-12-7-15-28(21)19-10-6-13-25-16-19/h1-16,22-23H,17H2,(H,27,30)/t22-,23-/m1/s1. The van der Waals surface area contributed by atoms with Crippen molar-refractivity contribution in [3.8, 4) is 5.69 Å². The van der Waals surface area contributed by atoms with Crippen LogP contribution < -0.4 is 5.32 Å². The van der Waals surface area contributed by atoms with Crippen LogP contribution in [0.1, 0.15) is 29.0 Å². The molecule has 30 heavy (non-hydrogen) atoms. The Hall–Kier alpha value is -3.51. The van der Waals surface area contributed by atoms with Crippen LogP contribution in [-0.4, -0.2) is 24.5 Å². The van der Waals surface area contributed by atoms with Gasteiger partial charge in [0.2, 0.25) is 0 Å². The number of nitrogens with zero attached hydrogens (tertiary/aromatic N) is 4. The first-order chi connectivity index (χ1) is 14.8. The molecule has 0 saturated carbocycles. The molecule has 6 heteroatoms. The average molecular weight is 412 g/mol. The minimum Gasteiger partial charge on any atom is -0.352 e. The van der Waals surface area contributed by atoms with E-state index in [4.69, 9.17) is 12.2 Å². The highest BCUT2D eigenvalue weighted by Gasteiger charge is 2.41. The smallest absolute Gasteiger partial charge is 0.170 e. The zero-order valence-electron chi connectivity index (χ0n) is 16.3. The SMILES string of the molecule is S=C1N[C@H](c2ccccn2)[C@@H](c2cccn2-c2cccnc2)N1Cc1ccccc1. The van der Waals surface area contributed by atoms with Gasteiger partial charge in [-0.25, -0.2) is 0 Å². The van der Waals surface area contributed by atoms with Gasteiger partial charge in [-0.15, -0.1) is 0 Å². The van der Waals surface area contributed by atoms with E-state index in [1.807, 2.05) is 36.7 Å². The number of nitrogens with one attached hydrogen (secondary N) is 1.